The second kappa shape index (κ2) is 12.4. The molecule has 2 aromatic carbocycles. The van der Waals surface area contributed by atoms with Crippen LogP contribution in [0, 0.1) is 23.0 Å². The molecule has 1 amide bonds. The summed E-state index contributed by atoms with van der Waals surface area (Å²) in [5.41, 5.74) is -1.67. The predicted molar refractivity (Wildman–Crippen MR) is 127 cm³/mol. The second-order valence-corrected chi connectivity index (χ2v) is 8.11. The number of nitrogens with zero attached hydrogens (tertiary/aromatic N) is 2. The van der Waals surface area contributed by atoms with E-state index in [4.69, 9.17) is 4.74 Å². The van der Waals surface area contributed by atoms with Gasteiger partial charge in [-0.2, -0.15) is 5.26 Å². The van der Waals surface area contributed by atoms with E-state index >= 15 is 0 Å². The van der Waals surface area contributed by atoms with Gasteiger partial charge in [-0.25, -0.2) is 17.6 Å². The Morgan fingerprint density at radius 2 is 1.86 bits per heavy atom. The summed E-state index contributed by atoms with van der Waals surface area (Å²) in [6, 6.07) is 8.07. The highest BCUT2D eigenvalue weighted by atomic mass is 19.3. The maximum absolute atomic E-state index is 14.9. The van der Waals surface area contributed by atoms with E-state index in [-0.39, 0.29) is 29.0 Å². The maximum Gasteiger partial charge on any atom is 0.266 e. The van der Waals surface area contributed by atoms with Crippen LogP contribution in [0.25, 0.3) is 0 Å². The van der Waals surface area contributed by atoms with Crippen LogP contribution in [0.15, 0.2) is 30.3 Å². The van der Waals surface area contributed by atoms with Gasteiger partial charge in [0, 0.05) is 25.2 Å². The molecule has 0 aliphatic carbocycles. The number of hydrogen-bond donors (Lipinski definition) is 2. The van der Waals surface area contributed by atoms with Gasteiger partial charge >= 0.3 is 0 Å². The Hall–Kier alpha value is -3.32. The minimum Gasteiger partial charge on any atom is -0.378 e. The summed E-state index contributed by atoms with van der Waals surface area (Å²) in [7, 11) is 0. The molecule has 10 heteroatoms. The van der Waals surface area contributed by atoms with E-state index in [1.165, 1.54) is 18.2 Å². The van der Waals surface area contributed by atoms with Crippen molar-refractivity contribution in [3.05, 3.63) is 58.7 Å². The molecule has 0 unspecified atom stereocenters. The average molecular weight is 495 g/mol. The number of amides is 1. The summed E-state index contributed by atoms with van der Waals surface area (Å²) in [6.45, 7) is 8.45. The highest BCUT2D eigenvalue weighted by Gasteiger charge is 2.25. The van der Waals surface area contributed by atoms with Gasteiger partial charge < -0.3 is 20.3 Å². The third-order valence-electron chi connectivity index (χ3n) is 5.19. The lowest BCUT2D eigenvalue weighted by molar-refractivity contribution is 0.0951. The lowest BCUT2D eigenvalue weighted by atomic mass is 10.0. The van der Waals surface area contributed by atoms with Gasteiger partial charge in [-0.05, 0) is 26.0 Å². The van der Waals surface area contributed by atoms with Crippen LogP contribution in [0.5, 0.6) is 0 Å². The van der Waals surface area contributed by atoms with Crippen LogP contribution in [0.4, 0.5) is 28.9 Å². The first kappa shape index (κ1) is 27.9. The van der Waals surface area contributed by atoms with Gasteiger partial charge in [0.15, 0.2) is 0 Å². The third kappa shape index (κ3) is 7.09. The second-order valence-electron chi connectivity index (χ2n) is 8.11. The summed E-state index contributed by atoms with van der Waals surface area (Å²) in [5, 5.41) is 14.7. The van der Waals surface area contributed by atoms with E-state index < -0.39 is 35.1 Å². The minimum atomic E-state index is -2.99. The summed E-state index contributed by atoms with van der Waals surface area (Å²) < 4.78 is 60.5. The molecule has 0 radical (unpaired) electrons. The number of ether oxygens (including phenoxy) is 1. The first-order chi connectivity index (χ1) is 16.6. The van der Waals surface area contributed by atoms with Gasteiger partial charge in [0.05, 0.1) is 41.8 Å². The SMILES string of the molecule is CC.CC(C)(C#N)Nc1cc(F)c(N2CCOCC2)cc1C(=O)NCc1cccc(C(F)F)c1F. The number of carbonyl (C=O) groups excluding carboxylic acids is 1. The molecule has 1 aliphatic rings. The standard InChI is InChI=1S/C23H24F4N4O2.C2H6/c1-23(2,13-28)30-18-11-17(24)19(31-6-8-33-9-7-31)10-16(18)22(32)29-12-14-4-3-5-15(20(14)25)21(26)27;1-2/h3-5,10-11,21,30H,6-9,12H2,1-2H3,(H,29,32);1-2H3. The van der Waals surface area contributed by atoms with E-state index in [1.807, 2.05) is 19.9 Å². The first-order valence-electron chi connectivity index (χ1n) is 11.3. The van der Waals surface area contributed by atoms with E-state index in [2.05, 4.69) is 10.6 Å². The Kier molecular flexibility index (Phi) is 9.89. The summed E-state index contributed by atoms with van der Waals surface area (Å²) in [6.07, 6.45) is -2.99. The quantitative estimate of drug-likeness (QED) is 0.504. The Labute approximate surface area is 202 Å². The lowest BCUT2D eigenvalue weighted by Crippen LogP contribution is -2.37. The van der Waals surface area contributed by atoms with Crippen molar-refractivity contribution in [2.45, 2.75) is 46.2 Å². The van der Waals surface area contributed by atoms with Crippen molar-refractivity contribution < 1.29 is 27.1 Å². The zero-order chi connectivity index (χ0) is 26.2. The molecule has 3 rings (SSSR count). The van der Waals surface area contributed by atoms with Crippen molar-refractivity contribution in [2.75, 3.05) is 36.5 Å². The molecular formula is C25H30F4N4O2. The largest absolute Gasteiger partial charge is 0.378 e. The molecule has 1 saturated heterocycles. The fraction of sp³-hybridized carbons (Fsp3) is 0.440. The number of halogens is 4. The first-order valence-corrected chi connectivity index (χ1v) is 11.3. The fourth-order valence-electron chi connectivity index (χ4n) is 3.44. The van der Waals surface area contributed by atoms with Gasteiger partial charge in [0.1, 0.15) is 17.2 Å². The van der Waals surface area contributed by atoms with Crippen molar-refractivity contribution in [2.24, 2.45) is 0 Å². The number of carbonyl (C=O) groups is 1. The van der Waals surface area contributed by atoms with Crippen LogP contribution < -0.4 is 15.5 Å². The molecule has 0 saturated carbocycles. The predicted octanol–water partition coefficient (Wildman–Crippen LogP) is 5.41. The van der Waals surface area contributed by atoms with Crippen molar-refractivity contribution in [1.82, 2.24) is 5.32 Å². The van der Waals surface area contributed by atoms with Crippen molar-refractivity contribution in [3.8, 4) is 6.07 Å². The van der Waals surface area contributed by atoms with Gasteiger partial charge in [-0.15, -0.1) is 0 Å². The monoisotopic (exact) mass is 494 g/mol. The van der Waals surface area contributed by atoms with E-state index in [0.29, 0.717) is 26.3 Å². The molecule has 190 valence electrons. The maximum atomic E-state index is 14.9. The highest BCUT2D eigenvalue weighted by Crippen LogP contribution is 2.30. The number of nitrogens with one attached hydrogen (secondary N) is 2. The van der Waals surface area contributed by atoms with Crippen LogP contribution in [0.1, 0.15) is 55.6 Å². The molecule has 1 aliphatic heterocycles. The number of benzene rings is 2. The number of nitriles is 1. The van der Waals surface area contributed by atoms with Crippen LogP contribution in [0.3, 0.4) is 0 Å². The van der Waals surface area contributed by atoms with Crippen molar-refractivity contribution >= 4 is 17.3 Å². The molecule has 2 aromatic rings. The van der Waals surface area contributed by atoms with Gasteiger partial charge in [0.25, 0.3) is 12.3 Å². The summed E-state index contributed by atoms with van der Waals surface area (Å²) in [4.78, 5) is 14.8. The smallest absolute Gasteiger partial charge is 0.266 e. The Morgan fingerprint density at radius 3 is 2.46 bits per heavy atom. The van der Waals surface area contributed by atoms with E-state index in [9.17, 15) is 27.6 Å². The molecular weight excluding hydrogens is 464 g/mol. The molecule has 0 aromatic heterocycles. The topological polar surface area (TPSA) is 77.4 Å². The number of alkyl halides is 2. The molecule has 6 nitrogen and oxygen atoms in total. The van der Waals surface area contributed by atoms with Gasteiger partial charge in [-0.1, -0.05) is 32.0 Å². The molecule has 0 bridgehead atoms. The molecule has 0 spiro atoms. The van der Waals surface area contributed by atoms with Crippen LogP contribution in [-0.2, 0) is 11.3 Å². The van der Waals surface area contributed by atoms with Crippen LogP contribution >= 0.6 is 0 Å². The van der Waals surface area contributed by atoms with E-state index in [0.717, 1.165) is 12.1 Å². The zero-order valence-electron chi connectivity index (χ0n) is 20.2. The van der Waals surface area contributed by atoms with Crippen molar-refractivity contribution in [1.29, 1.82) is 5.26 Å². The molecule has 1 fully saturated rings. The fourth-order valence-corrected chi connectivity index (χ4v) is 3.44. The van der Waals surface area contributed by atoms with Crippen LogP contribution in [-0.4, -0.2) is 37.7 Å². The molecule has 1 heterocycles. The third-order valence-corrected chi connectivity index (χ3v) is 5.19. The van der Waals surface area contributed by atoms with E-state index in [1.54, 1.807) is 18.7 Å². The molecule has 2 N–H and O–H groups in total. The van der Waals surface area contributed by atoms with Gasteiger partial charge in [0.2, 0.25) is 0 Å². The Morgan fingerprint density at radius 1 is 1.20 bits per heavy atom. The minimum absolute atomic E-state index is 0.0339. The highest BCUT2D eigenvalue weighted by molar-refractivity contribution is 6.01. The zero-order valence-corrected chi connectivity index (χ0v) is 20.2. The Bertz CT molecular complexity index is 1060. The van der Waals surface area contributed by atoms with Crippen molar-refractivity contribution in [3.63, 3.8) is 0 Å². The number of morpholine rings is 1. The number of anilines is 2. The normalized spacial score (nSPS) is 13.5. The summed E-state index contributed by atoms with van der Waals surface area (Å²) in [5.74, 6) is -2.35. The van der Waals surface area contributed by atoms with Gasteiger partial charge in [-0.3, -0.25) is 4.79 Å². The molecule has 35 heavy (non-hydrogen) atoms. The number of rotatable bonds is 7. The summed E-state index contributed by atoms with van der Waals surface area (Å²) >= 11 is 0. The van der Waals surface area contributed by atoms with Crippen LogP contribution in [0.2, 0.25) is 0 Å². The average Bonchev–Trinajstić information content (AvgIpc) is 2.84. The Balaban J connectivity index is 0.00000210. The number of hydrogen-bond acceptors (Lipinski definition) is 5. The molecule has 0 atom stereocenters. The lowest BCUT2D eigenvalue weighted by Gasteiger charge is -2.30.